The molecular weight excluding hydrogens is 346 g/mol. The topological polar surface area (TPSA) is 31.2 Å². The predicted octanol–water partition coefficient (Wildman–Crippen LogP) is 6.46. The molecule has 0 unspecified atom stereocenters. The normalized spacial score (nSPS) is 10.2. The van der Waals surface area contributed by atoms with E-state index in [4.69, 9.17) is 0 Å². The summed E-state index contributed by atoms with van der Waals surface area (Å²) in [7, 11) is 5.22. The van der Waals surface area contributed by atoms with Crippen molar-refractivity contribution >= 4 is 16.7 Å². The quantitative estimate of drug-likeness (QED) is 0.487. The summed E-state index contributed by atoms with van der Waals surface area (Å²) >= 11 is 0. The van der Waals surface area contributed by atoms with Crippen LogP contribution in [-0.2, 0) is 11.8 Å². The molecule has 1 heterocycles. The van der Waals surface area contributed by atoms with Crippen molar-refractivity contribution in [3.63, 3.8) is 0 Å². The molecule has 0 amide bonds. The molecule has 0 bridgehead atoms. The van der Waals surface area contributed by atoms with Gasteiger partial charge in [0.25, 0.3) is 0 Å². The Bertz CT molecular complexity index is 852. The van der Waals surface area contributed by atoms with Crippen LogP contribution in [0.25, 0.3) is 10.9 Å². The molecule has 0 aliphatic heterocycles. The fourth-order valence-corrected chi connectivity index (χ4v) is 2.79. The molecule has 3 heteroatoms. The van der Waals surface area contributed by atoms with Crippen LogP contribution >= 0.6 is 0 Å². The second-order valence-corrected chi connectivity index (χ2v) is 7.40. The summed E-state index contributed by atoms with van der Waals surface area (Å²) in [6, 6.07) is 16.9. The average molecular weight is 382 g/mol. The minimum absolute atomic E-state index is 0.204. The maximum absolute atomic E-state index is 11.8. The fourth-order valence-electron chi connectivity index (χ4n) is 2.79. The standard InChI is InChI=1S/C15H19NO.C8H10.C2H6O/c1-5-15(17)14-9-12-7-6-11(10(2)3)8-13(12)16(14)4;1-7-3-5-8(2)6-4-7;1-3-2/h6-10H,5H2,1-4H3;3-6H,1-2H3;1-2H3. The SMILES string of the molecule is CCC(=O)c1cc2ccc(C(C)C)cc2n1C.COC.Cc1ccc(C)cc1. The van der Waals surface area contributed by atoms with Crippen LogP contribution in [0.1, 0.15) is 60.3 Å². The highest BCUT2D eigenvalue weighted by molar-refractivity contribution is 6.00. The number of ether oxygens (including phenoxy) is 1. The van der Waals surface area contributed by atoms with Crippen molar-refractivity contribution in [1.82, 2.24) is 4.57 Å². The number of hydrogen-bond acceptors (Lipinski definition) is 2. The predicted molar refractivity (Wildman–Crippen MR) is 120 cm³/mol. The van der Waals surface area contributed by atoms with E-state index in [0.717, 1.165) is 16.6 Å². The highest BCUT2D eigenvalue weighted by atomic mass is 16.4. The van der Waals surface area contributed by atoms with Gasteiger partial charge in [-0.3, -0.25) is 4.79 Å². The van der Waals surface area contributed by atoms with E-state index in [0.29, 0.717) is 12.3 Å². The van der Waals surface area contributed by atoms with Gasteiger partial charge < -0.3 is 9.30 Å². The fraction of sp³-hybridized carbons (Fsp3) is 0.400. The second-order valence-electron chi connectivity index (χ2n) is 7.40. The van der Waals surface area contributed by atoms with Crippen LogP contribution in [0.5, 0.6) is 0 Å². The number of Topliss-reactive ketones (excluding diaryl/α,β-unsaturated/α-hetero) is 1. The maximum Gasteiger partial charge on any atom is 0.178 e. The summed E-state index contributed by atoms with van der Waals surface area (Å²) < 4.78 is 6.26. The first-order valence-corrected chi connectivity index (χ1v) is 9.81. The van der Waals surface area contributed by atoms with Gasteiger partial charge in [-0.15, -0.1) is 0 Å². The number of carbonyl (C=O) groups excluding carboxylic acids is 1. The zero-order valence-corrected chi connectivity index (χ0v) is 18.7. The summed E-state index contributed by atoms with van der Waals surface area (Å²) in [4.78, 5) is 11.8. The van der Waals surface area contributed by atoms with E-state index in [9.17, 15) is 4.79 Å². The highest BCUT2D eigenvalue weighted by Gasteiger charge is 2.12. The van der Waals surface area contributed by atoms with Crippen LogP contribution in [-0.4, -0.2) is 24.6 Å². The van der Waals surface area contributed by atoms with Crippen LogP contribution < -0.4 is 0 Å². The lowest BCUT2D eigenvalue weighted by molar-refractivity contribution is 0.0981. The monoisotopic (exact) mass is 381 g/mol. The van der Waals surface area contributed by atoms with E-state index in [-0.39, 0.29) is 5.78 Å². The van der Waals surface area contributed by atoms with E-state index >= 15 is 0 Å². The van der Waals surface area contributed by atoms with Gasteiger partial charge in [0.05, 0.1) is 5.69 Å². The molecule has 0 saturated carbocycles. The third kappa shape index (κ3) is 6.65. The Morgan fingerprint density at radius 2 is 1.46 bits per heavy atom. The summed E-state index contributed by atoms with van der Waals surface area (Å²) in [5, 5.41) is 1.15. The summed E-state index contributed by atoms with van der Waals surface area (Å²) in [5.41, 5.74) is 5.93. The average Bonchev–Trinajstić information content (AvgIpc) is 3.01. The molecular formula is C25H35NO2. The number of aryl methyl sites for hydroxylation is 3. The Kier molecular flexibility index (Phi) is 9.67. The third-order valence-corrected chi connectivity index (χ3v) is 4.56. The van der Waals surface area contributed by atoms with Gasteiger partial charge in [-0.1, -0.05) is 68.3 Å². The van der Waals surface area contributed by atoms with Gasteiger partial charge in [-0.2, -0.15) is 0 Å². The van der Waals surface area contributed by atoms with Gasteiger partial charge in [-0.05, 0) is 37.5 Å². The van der Waals surface area contributed by atoms with Crippen molar-refractivity contribution in [2.45, 2.75) is 47.0 Å². The third-order valence-electron chi connectivity index (χ3n) is 4.56. The zero-order chi connectivity index (χ0) is 21.3. The molecule has 3 aromatic rings. The van der Waals surface area contributed by atoms with E-state index < -0.39 is 0 Å². The first-order chi connectivity index (χ1) is 13.2. The van der Waals surface area contributed by atoms with Crippen molar-refractivity contribution in [1.29, 1.82) is 0 Å². The van der Waals surface area contributed by atoms with Gasteiger partial charge in [0.2, 0.25) is 0 Å². The molecule has 0 saturated heterocycles. The Hall–Kier alpha value is -2.39. The molecule has 28 heavy (non-hydrogen) atoms. The number of ketones is 1. The Balaban J connectivity index is 0.000000296. The van der Waals surface area contributed by atoms with Gasteiger partial charge >= 0.3 is 0 Å². The van der Waals surface area contributed by atoms with Gasteiger partial charge in [0.15, 0.2) is 5.78 Å². The molecule has 0 aliphatic carbocycles. The highest BCUT2D eigenvalue weighted by Crippen LogP contribution is 2.24. The second kappa shape index (κ2) is 11.5. The number of benzene rings is 2. The van der Waals surface area contributed by atoms with Gasteiger partial charge in [0, 0.05) is 38.6 Å². The zero-order valence-electron chi connectivity index (χ0n) is 18.7. The lowest BCUT2D eigenvalue weighted by atomic mass is 10.0. The molecule has 152 valence electrons. The minimum atomic E-state index is 0.204. The molecule has 2 aromatic carbocycles. The smallest absolute Gasteiger partial charge is 0.178 e. The lowest BCUT2D eigenvalue weighted by Gasteiger charge is -2.06. The number of nitrogens with zero attached hydrogens (tertiary/aromatic N) is 1. The molecule has 0 radical (unpaired) electrons. The van der Waals surface area contributed by atoms with E-state index in [1.165, 1.54) is 16.7 Å². The molecule has 0 aliphatic rings. The number of fused-ring (bicyclic) bond motifs is 1. The molecule has 1 aromatic heterocycles. The van der Waals surface area contributed by atoms with Crippen molar-refractivity contribution in [2.75, 3.05) is 14.2 Å². The molecule has 0 N–H and O–H groups in total. The number of carbonyl (C=O) groups is 1. The Morgan fingerprint density at radius 3 is 1.89 bits per heavy atom. The van der Waals surface area contributed by atoms with Crippen molar-refractivity contribution in [2.24, 2.45) is 7.05 Å². The summed E-state index contributed by atoms with van der Waals surface area (Å²) in [5.74, 6) is 0.717. The van der Waals surface area contributed by atoms with Crippen LogP contribution in [0.2, 0.25) is 0 Å². The number of hydrogen-bond donors (Lipinski definition) is 0. The molecule has 3 nitrogen and oxygen atoms in total. The Morgan fingerprint density at radius 1 is 0.964 bits per heavy atom. The van der Waals surface area contributed by atoms with Gasteiger partial charge in [-0.25, -0.2) is 0 Å². The van der Waals surface area contributed by atoms with Crippen LogP contribution in [0.4, 0.5) is 0 Å². The maximum atomic E-state index is 11.8. The lowest BCUT2D eigenvalue weighted by Crippen LogP contribution is -2.03. The van der Waals surface area contributed by atoms with E-state index in [1.54, 1.807) is 14.2 Å². The Labute approximate surface area is 170 Å². The van der Waals surface area contributed by atoms with Crippen molar-refractivity contribution in [3.05, 3.63) is 70.9 Å². The number of rotatable bonds is 3. The molecule has 0 atom stereocenters. The molecule has 3 rings (SSSR count). The van der Waals surface area contributed by atoms with Crippen LogP contribution in [0.3, 0.4) is 0 Å². The number of aromatic nitrogens is 1. The first-order valence-electron chi connectivity index (χ1n) is 9.81. The molecule has 0 spiro atoms. The van der Waals surface area contributed by atoms with Crippen molar-refractivity contribution < 1.29 is 9.53 Å². The summed E-state index contributed by atoms with van der Waals surface area (Å²) in [6.07, 6.45) is 0.557. The first kappa shape index (κ1) is 23.6. The van der Waals surface area contributed by atoms with Crippen LogP contribution in [0.15, 0.2) is 48.5 Å². The number of methoxy groups -OCH3 is 1. The van der Waals surface area contributed by atoms with E-state index in [2.05, 4.69) is 74.9 Å². The van der Waals surface area contributed by atoms with Gasteiger partial charge in [0.1, 0.15) is 0 Å². The van der Waals surface area contributed by atoms with Crippen molar-refractivity contribution in [3.8, 4) is 0 Å². The van der Waals surface area contributed by atoms with E-state index in [1.807, 2.05) is 24.6 Å². The summed E-state index contributed by atoms with van der Waals surface area (Å²) in [6.45, 7) is 10.5. The largest absolute Gasteiger partial charge is 0.388 e. The molecule has 0 fully saturated rings. The minimum Gasteiger partial charge on any atom is -0.388 e. The van der Waals surface area contributed by atoms with Crippen LogP contribution in [0, 0.1) is 13.8 Å².